The number of aromatic nitrogens is 2. The molecule has 2 aromatic heterocycles. The molecule has 0 fully saturated rings. The molecule has 3 rings (SSSR count). The number of hydrogen-bond donors (Lipinski definition) is 2. The lowest BCUT2D eigenvalue weighted by Gasteiger charge is -2.10. The zero-order chi connectivity index (χ0) is 16.2. The van der Waals surface area contributed by atoms with Gasteiger partial charge in [-0.05, 0) is 19.1 Å². The van der Waals surface area contributed by atoms with Crippen molar-refractivity contribution in [3.8, 4) is 16.4 Å². The van der Waals surface area contributed by atoms with Crippen LogP contribution in [0.15, 0.2) is 54.9 Å². The third-order valence-electron chi connectivity index (χ3n) is 3.35. The molecule has 0 aliphatic heterocycles. The van der Waals surface area contributed by atoms with E-state index in [1.807, 2.05) is 59.4 Å². The van der Waals surface area contributed by atoms with Crippen LogP contribution in [0, 0.1) is 0 Å². The molecule has 0 aliphatic carbocycles. The van der Waals surface area contributed by atoms with E-state index >= 15 is 0 Å². The van der Waals surface area contributed by atoms with E-state index in [-0.39, 0.29) is 18.6 Å². The number of aliphatic hydroxyl groups excluding tert-OH is 1. The van der Waals surface area contributed by atoms with Gasteiger partial charge >= 0.3 is 0 Å². The topological polar surface area (TPSA) is 67.2 Å². The van der Waals surface area contributed by atoms with Crippen LogP contribution < -0.4 is 5.32 Å². The summed E-state index contributed by atoms with van der Waals surface area (Å²) in [5.41, 5.74) is 1.55. The minimum absolute atomic E-state index is 0.102. The normalized spacial score (nSPS) is 12.1. The lowest BCUT2D eigenvalue weighted by atomic mass is 10.1. The molecule has 0 saturated heterocycles. The Morgan fingerprint density at radius 3 is 2.61 bits per heavy atom. The van der Waals surface area contributed by atoms with Crippen molar-refractivity contribution in [3.63, 3.8) is 0 Å². The maximum Gasteiger partial charge on any atom is 0.264 e. The zero-order valence-corrected chi connectivity index (χ0v) is 13.5. The van der Waals surface area contributed by atoms with Gasteiger partial charge in [0.05, 0.1) is 12.3 Å². The van der Waals surface area contributed by atoms with E-state index in [2.05, 4.69) is 10.3 Å². The van der Waals surface area contributed by atoms with Crippen molar-refractivity contribution in [2.45, 2.75) is 13.0 Å². The Kier molecular flexibility index (Phi) is 4.55. The largest absolute Gasteiger partial charge is 0.394 e. The lowest BCUT2D eigenvalue weighted by Crippen LogP contribution is -2.34. The zero-order valence-electron chi connectivity index (χ0n) is 12.6. The number of thiazole rings is 1. The van der Waals surface area contributed by atoms with Crippen molar-refractivity contribution in [2.24, 2.45) is 0 Å². The van der Waals surface area contributed by atoms with E-state index in [4.69, 9.17) is 5.11 Å². The number of nitrogens with zero attached hydrogens (tertiary/aromatic N) is 2. The Hall–Kier alpha value is -2.44. The van der Waals surface area contributed by atoms with E-state index in [0.717, 1.165) is 10.7 Å². The maximum absolute atomic E-state index is 12.5. The predicted molar refractivity (Wildman–Crippen MR) is 90.9 cm³/mol. The second-order valence-corrected chi connectivity index (χ2v) is 6.17. The fraction of sp³-hybridized carbons (Fsp3) is 0.176. The van der Waals surface area contributed by atoms with E-state index in [1.54, 1.807) is 6.92 Å². The van der Waals surface area contributed by atoms with E-state index < -0.39 is 0 Å². The lowest BCUT2D eigenvalue weighted by molar-refractivity contribution is 0.0927. The van der Waals surface area contributed by atoms with Gasteiger partial charge in [0.25, 0.3) is 5.91 Å². The fourth-order valence-corrected chi connectivity index (χ4v) is 3.12. The van der Waals surface area contributed by atoms with Crippen molar-refractivity contribution in [3.05, 3.63) is 59.7 Å². The molecule has 0 aliphatic rings. The highest BCUT2D eigenvalue weighted by Gasteiger charge is 2.21. The van der Waals surface area contributed by atoms with Crippen molar-refractivity contribution in [1.29, 1.82) is 0 Å². The molecule has 118 valence electrons. The molecule has 0 saturated carbocycles. The summed E-state index contributed by atoms with van der Waals surface area (Å²) in [6, 6.07) is 13.2. The minimum atomic E-state index is -0.303. The van der Waals surface area contributed by atoms with Crippen LogP contribution in [0.4, 0.5) is 0 Å². The highest BCUT2D eigenvalue weighted by Crippen LogP contribution is 2.30. The third kappa shape index (κ3) is 3.33. The molecule has 2 heterocycles. The van der Waals surface area contributed by atoms with Gasteiger partial charge in [0, 0.05) is 24.0 Å². The number of amides is 1. The van der Waals surface area contributed by atoms with Gasteiger partial charge in [-0.15, -0.1) is 0 Å². The number of benzene rings is 1. The summed E-state index contributed by atoms with van der Waals surface area (Å²) < 4.78 is 1.88. The monoisotopic (exact) mass is 327 g/mol. The summed E-state index contributed by atoms with van der Waals surface area (Å²) in [6.07, 6.45) is 3.79. The first-order valence-electron chi connectivity index (χ1n) is 7.30. The van der Waals surface area contributed by atoms with Crippen LogP contribution in [0.2, 0.25) is 0 Å². The summed E-state index contributed by atoms with van der Waals surface area (Å²) in [5.74, 6) is -0.221. The Morgan fingerprint density at radius 1 is 1.26 bits per heavy atom. The molecule has 0 unspecified atom stereocenters. The molecule has 1 atom stereocenters. The predicted octanol–water partition coefficient (Wildman–Crippen LogP) is 2.71. The van der Waals surface area contributed by atoms with Crippen LogP contribution in [0.25, 0.3) is 16.4 Å². The molecular weight excluding hydrogens is 310 g/mol. The summed E-state index contributed by atoms with van der Waals surface area (Å²) in [4.78, 5) is 17.7. The average molecular weight is 327 g/mol. The number of nitrogens with one attached hydrogen (secondary N) is 1. The first-order valence-corrected chi connectivity index (χ1v) is 8.12. The maximum atomic E-state index is 12.5. The van der Waals surface area contributed by atoms with Gasteiger partial charge in [-0.25, -0.2) is 4.98 Å². The van der Waals surface area contributed by atoms with Gasteiger partial charge in [-0.2, -0.15) is 0 Å². The van der Waals surface area contributed by atoms with Crippen molar-refractivity contribution in [1.82, 2.24) is 14.9 Å². The molecule has 0 bridgehead atoms. The van der Waals surface area contributed by atoms with Crippen molar-refractivity contribution in [2.75, 3.05) is 6.61 Å². The van der Waals surface area contributed by atoms with Gasteiger partial charge in [-0.3, -0.25) is 4.79 Å². The van der Waals surface area contributed by atoms with Crippen LogP contribution >= 0.6 is 11.3 Å². The standard InChI is InChI=1S/C17H17N3O2S/c1-12(11-21)18-16(22)15-14(13-7-3-2-4-8-13)19-17(23-15)20-9-5-6-10-20/h2-10,12,21H,11H2,1H3,(H,18,22)/t12-/m1/s1. The number of carbonyl (C=O) groups is 1. The molecule has 2 N–H and O–H groups in total. The SMILES string of the molecule is C[C@H](CO)NC(=O)c1sc(-n2cccc2)nc1-c1ccccc1. The van der Waals surface area contributed by atoms with E-state index in [0.29, 0.717) is 10.6 Å². The Morgan fingerprint density at radius 2 is 1.96 bits per heavy atom. The van der Waals surface area contributed by atoms with Crippen LogP contribution in [0.5, 0.6) is 0 Å². The average Bonchev–Trinajstić information content (AvgIpc) is 3.24. The van der Waals surface area contributed by atoms with Crippen LogP contribution in [0.3, 0.4) is 0 Å². The summed E-state index contributed by atoms with van der Waals surface area (Å²) in [5, 5.41) is 12.7. The van der Waals surface area contributed by atoms with E-state index in [9.17, 15) is 4.79 Å². The second-order valence-electron chi connectivity index (χ2n) is 5.19. The van der Waals surface area contributed by atoms with Gasteiger partial charge in [0.15, 0.2) is 5.13 Å². The van der Waals surface area contributed by atoms with Crippen LogP contribution in [-0.2, 0) is 0 Å². The number of aliphatic hydroxyl groups is 1. The molecular formula is C17H17N3O2S. The highest BCUT2D eigenvalue weighted by molar-refractivity contribution is 7.16. The summed E-state index contributed by atoms with van der Waals surface area (Å²) in [6.45, 7) is 1.66. The molecule has 1 amide bonds. The fourth-order valence-electron chi connectivity index (χ4n) is 2.16. The molecule has 6 heteroatoms. The van der Waals surface area contributed by atoms with Crippen molar-refractivity contribution >= 4 is 17.2 Å². The van der Waals surface area contributed by atoms with Crippen LogP contribution in [-0.4, -0.2) is 33.2 Å². The van der Waals surface area contributed by atoms with Gasteiger partial charge in [0.2, 0.25) is 0 Å². The quantitative estimate of drug-likeness (QED) is 0.757. The van der Waals surface area contributed by atoms with Gasteiger partial charge in [0.1, 0.15) is 4.88 Å². The number of hydrogen-bond acceptors (Lipinski definition) is 4. The smallest absolute Gasteiger partial charge is 0.264 e. The van der Waals surface area contributed by atoms with Crippen molar-refractivity contribution < 1.29 is 9.90 Å². The van der Waals surface area contributed by atoms with Gasteiger partial charge < -0.3 is 15.0 Å². The van der Waals surface area contributed by atoms with E-state index in [1.165, 1.54) is 11.3 Å². The summed E-state index contributed by atoms with van der Waals surface area (Å²) in [7, 11) is 0. The van der Waals surface area contributed by atoms with Gasteiger partial charge in [-0.1, -0.05) is 41.7 Å². The molecule has 0 spiro atoms. The molecule has 3 aromatic rings. The number of rotatable bonds is 5. The molecule has 5 nitrogen and oxygen atoms in total. The first kappa shape index (κ1) is 15.5. The number of carbonyl (C=O) groups excluding carboxylic acids is 1. The molecule has 23 heavy (non-hydrogen) atoms. The molecule has 0 radical (unpaired) electrons. The summed E-state index contributed by atoms with van der Waals surface area (Å²) >= 11 is 1.33. The minimum Gasteiger partial charge on any atom is -0.394 e. The Balaban J connectivity index is 2.04. The van der Waals surface area contributed by atoms with Crippen LogP contribution in [0.1, 0.15) is 16.6 Å². The highest BCUT2D eigenvalue weighted by atomic mass is 32.1. The Labute approximate surface area is 138 Å². The third-order valence-corrected chi connectivity index (χ3v) is 4.41. The second kappa shape index (κ2) is 6.76. The first-order chi connectivity index (χ1) is 11.2. The Bertz CT molecular complexity index is 782. The molecule has 1 aromatic carbocycles.